The number of anilines is 1. The number of ether oxygens (including phenoxy) is 1. The number of fused-ring (bicyclic) bond motifs is 1. The van der Waals surface area contributed by atoms with Gasteiger partial charge in [-0.1, -0.05) is 65.0 Å². The highest BCUT2D eigenvalue weighted by Crippen LogP contribution is 2.30. The zero-order chi connectivity index (χ0) is 20.9. The minimum Gasteiger partial charge on any atom is -0.494 e. The summed E-state index contributed by atoms with van der Waals surface area (Å²) in [7, 11) is 0. The molecule has 2 aromatic heterocycles. The Hall–Kier alpha value is -2.68. The number of halogens is 1. The Kier molecular flexibility index (Phi) is 6.47. The lowest BCUT2D eigenvalue weighted by Crippen LogP contribution is -2.15. The average molecular weight is 457 g/mol. The van der Waals surface area contributed by atoms with Gasteiger partial charge in [0.2, 0.25) is 0 Å². The van der Waals surface area contributed by atoms with Gasteiger partial charge in [0.25, 0.3) is 5.91 Å². The molecule has 0 spiro atoms. The minimum atomic E-state index is -0.423. The molecule has 0 aliphatic carbocycles. The minimum absolute atomic E-state index is 0.122. The van der Waals surface area contributed by atoms with E-state index in [0.717, 1.165) is 21.5 Å². The van der Waals surface area contributed by atoms with Crippen LogP contribution in [0.2, 0.25) is 5.02 Å². The maximum absolute atomic E-state index is 12.8. The molecular formula is C21H17ClN4O2S2. The van der Waals surface area contributed by atoms with E-state index >= 15 is 0 Å². The van der Waals surface area contributed by atoms with Crippen molar-refractivity contribution >= 4 is 56.0 Å². The monoisotopic (exact) mass is 456 g/mol. The second-order valence-corrected chi connectivity index (χ2v) is 8.54. The number of rotatable bonds is 7. The van der Waals surface area contributed by atoms with Crippen LogP contribution in [-0.2, 0) is 5.75 Å². The van der Waals surface area contributed by atoms with E-state index < -0.39 is 5.91 Å². The Bertz CT molecular complexity index is 1180. The Morgan fingerprint density at radius 2 is 2.03 bits per heavy atom. The first kappa shape index (κ1) is 20.6. The molecule has 0 unspecified atom stereocenters. The quantitative estimate of drug-likeness (QED) is 0.284. The average Bonchev–Trinajstić information content (AvgIpc) is 3.15. The lowest BCUT2D eigenvalue weighted by atomic mass is 10.2. The van der Waals surface area contributed by atoms with Crippen LogP contribution >= 0.6 is 34.7 Å². The maximum atomic E-state index is 12.8. The Morgan fingerprint density at radius 3 is 2.83 bits per heavy atom. The van der Waals surface area contributed by atoms with Crippen LogP contribution in [0, 0.1) is 0 Å². The van der Waals surface area contributed by atoms with Crippen LogP contribution < -0.4 is 10.1 Å². The fourth-order valence-electron chi connectivity index (χ4n) is 2.67. The van der Waals surface area contributed by atoms with Crippen molar-refractivity contribution in [2.45, 2.75) is 17.8 Å². The number of hydrogen-bond acceptors (Lipinski definition) is 7. The second kappa shape index (κ2) is 9.42. The van der Waals surface area contributed by atoms with Crippen LogP contribution in [0.4, 0.5) is 5.13 Å². The number of thiazole rings is 1. The Morgan fingerprint density at radius 1 is 1.20 bits per heavy atom. The van der Waals surface area contributed by atoms with Crippen LogP contribution in [0.25, 0.3) is 10.2 Å². The van der Waals surface area contributed by atoms with Crippen molar-refractivity contribution in [1.82, 2.24) is 15.0 Å². The van der Waals surface area contributed by atoms with Crippen LogP contribution in [-0.4, -0.2) is 27.5 Å². The summed E-state index contributed by atoms with van der Waals surface area (Å²) >= 11 is 8.99. The van der Waals surface area contributed by atoms with Crippen molar-refractivity contribution in [3.8, 4) is 5.75 Å². The number of aromatic nitrogens is 3. The maximum Gasteiger partial charge on any atom is 0.277 e. The summed E-state index contributed by atoms with van der Waals surface area (Å²) in [5, 5.41) is 3.93. The second-order valence-electron chi connectivity index (χ2n) is 6.16. The summed E-state index contributed by atoms with van der Waals surface area (Å²) < 4.78 is 6.43. The molecule has 0 saturated heterocycles. The van der Waals surface area contributed by atoms with E-state index in [2.05, 4.69) is 20.3 Å². The van der Waals surface area contributed by atoms with Crippen LogP contribution in [0.1, 0.15) is 23.0 Å². The predicted octanol–water partition coefficient (Wildman–Crippen LogP) is 5.68. The third-order valence-corrected chi connectivity index (χ3v) is 6.18. The number of carbonyl (C=O) groups is 1. The molecule has 0 aliphatic rings. The molecule has 0 saturated carbocycles. The van der Waals surface area contributed by atoms with E-state index in [-0.39, 0.29) is 10.7 Å². The van der Waals surface area contributed by atoms with E-state index in [1.807, 2.05) is 55.5 Å². The van der Waals surface area contributed by atoms with Crippen molar-refractivity contribution in [1.29, 1.82) is 0 Å². The first-order valence-electron chi connectivity index (χ1n) is 9.16. The lowest BCUT2D eigenvalue weighted by Gasteiger charge is -2.05. The molecule has 2 heterocycles. The third-order valence-electron chi connectivity index (χ3n) is 4.04. The SMILES string of the molecule is CCOc1ccc2nc(NC(=O)c3nc(SCc4ccccc4)ncc3Cl)sc2c1. The first-order chi connectivity index (χ1) is 14.6. The fraction of sp³-hybridized carbons (Fsp3) is 0.143. The number of amides is 1. The van der Waals surface area contributed by atoms with E-state index in [9.17, 15) is 4.79 Å². The van der Waals surface area contributed by atoms with Crippen molar-refractivity contribution < 1.29 is 9.53 Å². The van der Waals surface area contributed by atoms with Crippen LogP contribution in [0.3, 0.4) is 0 Å². The lowest BCUT2D eigenvalue weighted by molar-refractivity contribution is 0.102. The number of thioether (sulfide) groups is 1. The van der Waals surface area contributed by atoms with Gasteiger partial charge in [-0.15, -0.1) is 0 Å². The van der Waals surface area contributed by atoms with E-state index in [0.29, 0.717) is 22.6 Å². The molecule has 152 valence electrons. The number of nitrogens with zero attached hydrogens (tertiary/aromatic N) is 3. The highest BCUT2D eigenvalue weighted by atomic mass is 35.5. The van der Waals surface area contributed by atoms with Gasteiger partial charge in [0.1, 0.15) is 5.75 Å². The van der Waals surface area contributed by atoms with E-state index in [1.54, 1.807) is 0 Å². The molecule has 0 bridgehead atoms. The Balaban J connectivity index is 1.49. The number of carbonyl (C=O) groups excluding carboxylic acids is 1. The summed E-state index contributed by atoms with van der Waals surface area (Å²) in [6, 6.07) is 15.6. The fourth-order valence-corrected chi connectivity index (χ4v) is 4.51. The molecule has 1 N–H and O–H groups in total. The molecule has 9 heteroatoms. The molecule has 0 radical (unpaired) electrons. The van der Waals surface area contributed by atoms with Gasteiger partial charge < -0.3 is 4.74 Å². The Labute approximate surface area is 186 Å². The molecule has 6 nitrogen and oxygen atoms in total. The molecule has 4 aromatic rings. The van der Waals surface area contributed by atoms with Gasteiger partial charge in [-0.05, 0) is 30.7 Å². The molecule has 0 atom stereocenters. The van der Waals surface area contributed by atoms with Gasteiger partial charge in [-0.3, -0.25) is 10.1 Å². The van der Waals surface area contributed by atoms with Crippen molar-refractivity contribution in [2.75, 3.05) is 11.9 Å². The van der Waals surface area contributed by atoms with Crippen molar-refractivity contribution in [2.24, 2.45) is 0 Å². The van der Waals surface area contributed by atoms with Gasteiger partial charge in [-0.25, -0.2) is 15.0 Å². The van der Waals surface area contributed by atoms with E-state index in [1.165, 1.54) is 29.3 Å². The number of hydrogen-bond donors (Lipinski definition) is 1. The molecule has 1 amide bonds. The first-order valence-corrected chi connectivity index (χ1v) is 11.3. The largest absolute Gasteiger partial charge is 0.494 e. The van der Waals surface area contributed by atoms with Crippen LogP contribution in [0.15, 0.2) is 59.9 Å². The zero-order valence-corrected chi connectivity index (χ0v) is 18.4. The molecule has 2 aromatic carbocycles. The standard InChI is InChI=1S/C21H17ClN4O2S2/c1-2-28-14-8-9-16-17(10-14)30-21(24-16)26-19(27)18-15(22)11-23-20(25-18)29-12-13-6-4-3-5-7-13/h3-11H,2,12H2,1H3,(H,24,26,27). The van der Waals surface area contributed by atoms with Crippen molar-refractivity contribution in [3.05, 3.63) is 71.0 Å². The van der Waals surface area contributed by atoms with Gasteiger partial charge in [0.05, 0.1) is 28.0 Å². The summed E-state index contributed by atoms with van der Waals surface area (Å²) in [6.07, 6.45) is 1.45. The zero-order valence-electron chi connectivity index (χ0n) is 16.0. The summed E-state index contributed by atoms with van der Waals surface area (Å²) in [6.45, 7) is 2.52. The normalized spacial score (nSPS) is 10.9. The summed E-state index contributed by atoms with van der Waals surface area (Å²) in [5.74, 6) is 1.04. The third kappa shape index (κ3) is 4.89. The topological polar surface area (TPSA) is 77.0 Å². The molecule has 0 aliphatic heterocycles. The number of nitrogens with one attached hydrogen (secondary N) is 1. The van der Waals surface area contributed by atoms with Gasteiger partial charge in [-0.2, -0.15) is 0 Å². The van der Waals surface area contributed by atoms with Gasteiger partial charge >= 0.3 is 0 Å². The smallest absolute Gasteiger partial charge is 0.277 e. The summed E-state index contributed by atoms with van der Waals surface area (Å²) in [5.41, 5.74) is 2.05. The predicted molar refractivity (Wildman–Crippen MR) is 122 cm³/mol. The highest BCUT2D eigenvalue weighted by Gasteiger charge is 2.17. The molecule has 4 rings (SSSR count). The van der Waals surface area contributed by atoms with E-state index in [4.69, 9.17) is 16.3 Å². The van der Waals surface area contributed by atoms with Crippen molar-refractivity contribution in [3.63, 3.8) is 0 Å². The van der Waals surface area contributed by atoms with Gasteiger partial charge in [0.15, 0.2) is 16.0 Å². The molecule has 30 heavy (non-hydrogen) atoms. The number of benzene rings is 2. The van der Waals surface area contributed by atoms with Gasteiger partial charge in [0, 0.05) is 5.75 Å². The highest BCUT2D eigenvalue weighted by molar-refractivity contribution is 7.98. The summed E-state index contributed by atoms with van der Waals surface area (Å²) in [4.78, 5) is 25.8. The molecule has 0 fully saturated rings. The van der Waals surface area contributed by atoms with Crippen LogP contribution in [0.5, 0.6) is 5.75 Å². The molecular weight excluding hydrogens is 440 g/mol.